The van der Waals surface area contributed by atoms with Crippen LogP contribution in [-0.2, 0) is 17.8 Å². The Morgan fingerprint density at radius 2 is 1.82 bits per heavy atom. The van der Waals surface area contributed by atoms with E-state index in [1.165, 1.54) is 43.9 Å². The Morgan fingerprint density at radius 1 is 1.13 bits per heavy atom. The third kappa shape index (κ3) is 4.33. The van der Waals surface area contributed by atoms with Crippen LogP contribution in [-0.4, -0.2) is 64.5 Å². The number of cyclic esters (lactones) is 1. The van der Waals surface area contributed by atoms with Gasteiger partial charge in [0.1, 0.15) is 17.3 Å². The van der Waals surface area contributed by atoms with Crippen LogP contribution in [0.25, 0.3) is 10.9 Å². The van der Waals surface area contributed by atoms with Crippen LogP contribution in [0.3, 0.4) is 0 Å². The molecule has 1 saturated heterocycles. The number of hydrogen-bond donors (Lipinski definition) is 1. The molecule has 12 nitrogen and oxygen atoms in total. The molecule has 5 rings (SSSR count). The number of pyridine rings is 1. The monoisotopic (exact) mass is 526 g/mol. The number of carbonyl (C=O) groups excluding carboxylic acids is 1. The highest BCUT2D eigenvalue weighted by Crippen LogP contribution is 2.31. The molecule has 0 unspecified atom stereocenters. The molecule has 2 aliphatic heterocycles. The van der Waals surface area contributed by atoms with Gasteiger partial charge >= 0.3 is 6.09 Å². The van der Waals surface area contributed by atoms with E-state index < -0.39 is 35.0 Å². The summed E-state index contributed by atoms with van der Waals surface area (Å²) in [5.74, 6) is -1.79. The largest absolute Gasteiger partial charge is 0.442 e. The summed E-state index contributed by atoms with van der Waals surface area (Å²) in [6.07, 6.45) is 2.73. The summed E-state index contributed by atoms with van der Waals surface area (Å²) in [7, 11) is 0. The lowest BCUT2D eigenvalue weighted by Gasteiger charge is -2.24. The van der Waals surface area contributed by atoms with Crippen LogP contribution in [0.1, 0.15) is 0 Å². The molecule has 0 saturated carbocycles. The maximum absolute atomic E-state index is 15.3. The number of nitrogens with zero attached hydrogens (tertiary/aromatic N) is 7. The van der Waals surface area contributed by atoms with E-state index in [2.05, 4.69) is 16.8 Å². The molecule has 1 fully saturated rings. The lowest BCUT2D eigenvalue weighted by Crippen LogP contribution is -2.39. The predicted molar refractivity (Wildman–Crippen MR) is 136 cm³/mol. The minimum absolute atomic E-state index is 0.00778. The molecule has 14 heteroatoms. The summed E-state index contributed by atoms with van der Waals surface area (Å²) >= 11 is 0. The molecule has 2 aromatic heterocycles. The highest BCUT2D eigenvalue weighted by atomic mass is 19.1. The van der Waals surface area contributed by atoms with Gasteiger partial charge in [0.2, 0.25) is 0 Å². The van der Waals surface area contributed by atoms with Gasteiger partial charge in [-0.15, -0.1) is 0 Å². The number of nitrogens with two attached hydrogens (primary N) is 1. The van der Waals surface area contributed by atoms with Crippen LogP contribution in [0, 0.1) is 11.6 Å². The summed E-state index contributed by atoms with van der Waals surface area (Å²) in [4.78, 5) is 44.9. The predicted octanol–water partition coefficient (Wildman–Crippen LogP) is 1.03. The van der Waals surface area contributed by atoms with Crippen molar-refractivity contribution >= 4 is 35.1 Å². The molecule has 0 aliphatic carbocycles. The molecule has 4 heterocycles. The van der Waals surface area contributed by atoms with E-state index in [4.69, 9.17) is 10.5 Å². The molecule has 1 amide bonds. The summed E-state index contributed by atoms with van der Waals surface area (Å²) in [5, 5.41) is 5.30. The molecule has 1 atom stereocenters. The fourth-order valence-electron chi connectivity index (χ4n) is 4.75. The Hall–Kier alpha value is -4.75. The lowest BCUT2D eigenvalue weighted by molar-refractivity contribution is 0.123. The van der Waals surface area contributed by atoms with Crippen LogP contribution in [0.15, 0.2) is 57.6 Å². The van der Waals surface area contributed by atoms with E-state index in [-0.39, 0.29) is 61.5 Å². The number of ether oxygens (including phenoxy) is 1. The number of anilines is 2. The van der Waals surface area contributed by atoms with E-state index in [0.717, 1.165) is 17.0 Å². The van der Waals surface area contributed by atoms with Crippen molar-refractivity contribution in [1.29, 1.82) is 0 Å². The number of carbonyl (C=O) groups is 1. The van der Waals surface area contributed by atoms with Gasteiger partial charge in [0.05, 0.1) is 37.3 Å². The molecule has 2 aliphatic rings. The molecule has 0 bridgehead atoms. The Labute approximate surface area is 214 Å². The summed E-state index contributed by atoms with van der Waals surface area (Å²) < 4.78 is 38.5. The van der Waals surface area contributed by atoms with Crippen molar-refractivity contribution in [2.75, 3.05) is 36.0 Å². The standard InChI is InChI=1S/C24H24F2N8O4/c1-28-31(6-4-27)13-16-14-32(24(37)38-16)15-11-18(25)21(19(26)12-15)30-7-9-33-22(35)17-3-2-5-29-20(17)23(36)34(33)10-8-30/h2-6,11-12,16H,1,7-10,13-14,27H2/b6-4-/t16-/m0/s1. The second-order valence-electron chi connectivity index (χ2n) is 8.72. The number of aromatic nitrogens is 3. The van der Waals surface area contributed by atoms with Crippen LogP contribution in [0.5, 0.6) is 0 Å². The summed E-state index contributed by atoms with van der Waals surface area (Å²) in [6.45, 7) is 3.79. The first kappa shape index (κ1) is 24.9. The molecular formula is C24H24F2N8O4. The molecule has 1 aromatic carbocycles. The summed E-state index contributed by atoms with van der Waals surface area (Å²) in [6, 6.07) is 5.20. The lowest BCUT2D eigenvalue weighted by atomic mass is 10.2. The number of rotatable bonds is 6. The van der Waals surface area contributed by atoms with Crippen molar-refractivity contribution in [1.82, 2.24) is 19.4 Å². The molecule has 0 radical (unpaired) electrons. The zero-order chi connectivity index (χ0) is 27.0. The van der Waals surface area contributed by atoms with E-state index in [9.17, 15) is 14.4 Å². The molecule has 0 spiro atoms. The number of hydrazone groups is 1. The first-order valence-corrected chi connectivity index (χ1v) is 11.7. The van der Waals surface area contributed by atoms with Gasteiger partial charge < -0.3 is 15.4 Å². The van der Waals surface area contributed by atoms with Gasteiger partial charge in [-0.05, 0) is 12.1 Å². The summed E-state index contributed by atoms with van der Waals surface area (Å²) in [5.41, 5.74) is 4.22. The third-order valence-corrected chi connectivity index (χ3v) is 6.50. The minimum atomic E-state index is -0.894. The molecule has 3 aromatic rings. The Morgan fingerprint density at radius 3 is 2.47 bits per heavy atom. The highest BCUT2D eigenvalue weighted by molar-refractivity contribution is 5.90. The SMILES string of the molecule is C=NN(/C=C\N)C[C@H]1CN(c2cc(F)c(N3CCn4c(=O)c5cccnc5c(=O)n4CC3)c(F)c2)C(=O)O1. The second-order valence-corrected chi connectivity index (χ2v) is 8.72. The number of hydrogen-bond acceptors (Lipinski definition) is 9. The van der Waals surface area contributed by atoms with Gasteiger partial charge in [-0.25, -0.2) is 22.9 Å². The number of halogens is 2. The van der Waals surface area contributed by atoms with Crippen molar-refractivity contribution in [2.45, 2.75) is 19.2 Å². The maximum Gasteiger partial charge on any atom is 0.414 e. The van der Waals surface area contributed by atoms with Crippen LogP contribution >= 0.6 is 0 Å². The van der Waals surface area contributed by atoms with Crippen LogP contribution < -0.4 is 26.7 Å². The third-order valence-electron chi connectivity index (χ3n) is 6.50. The Balaban J connectivity index is 1.39. The van der Waals surface area contributed by atoms with Crippen molar-refractivity contribution < 1.29 is 18.3 Å². The fourth-order valence-corrected chi connectivity index (χ4v) is 4.75. The molecule has 198 valence electrons. The highest BCUT2D eigenvalue weighted by Gasteiger charge is 2.34. The van der Waals surface area contributed by atoms with Crippen LogP contribution in [0.4, 0.5) is 25.0 Å². The smallest absolute Gasteiger partial charge is 0.414 e. The van der Waals surface area contributed by atoms with E-state index in [0.29, 0.717) is 0 Å². The van der Waals surface area contributed by atoms with Gasteiger partial charge in [0, 0.05) is 50.5 Å². The van der Waals surface area contributed by atoms with Crippen LogP contribution in [0.2, 0.25) is 0 Å². The zero-order valence-corrected chi connectivity index (χ0v) is 20.2. The first-order chi connectivity index (χ1) is 18.3. The van der Waals surface area contributed by atoms with Gasteiger partial charge in [-0.2, -0.15) is 5.10 Å². The molecular weight excluding hydrogens is 502 g/mol. The topological polar surface area (TPSA) is 131 Å². The quantitative estimate of drug-likeness (QED) is 0.372. The average Bonchev–Trinajstić information content (AvgIpc) is 3.12. The van der Waals surface area contributed by atoms with Gasteiger partial charge in [0.15, 0.2) is 11.6 Å². The number of fused-ring (bicyclic) bond motifs is 2. The maximum atomic E-state index is 15.3. The van der Waals surface area contributed by atoms with Crippen molar-refractivity contribution in [3.8, 4) is 0 Å². The fraction of sp³-hybridized carbons (Fsp3) is 0.292. The van der Waals surface area contributed by atoms with Crippen molar-refractivity contribution in [3.63, 3.8) is 0 Å². The van der Waals surface area contributed by atoms with E-state index in [1.807, 2.05) is 0 Å². The first-order valence-electron chi connectivity index (χ1n) is 11.7. The second kappa shape index (κ2) is 9.95. The zero-order valence-electron chi connectivity index (χ0n) is 20.2. The van der Waals surface area contributed by atoms with Crippen molar-refractivity contribution in [2.24, 2.45) is 10.8 Å². The number of amides is 1. The van der Waals surface area contributed by atoms with Gasteiger partial charge in [-0.1, -0.05) is 0 Å². The van der Waals surface area contributed by atoms with Crippen molar-refractivity contribution in [3.05, 3.63) is 75.2 Å². The minimum Gasteiger partial charge on any atom is -0.442 e. The molecule has 2 N–H and O–H groups in total. The van der Waals surface area contributed by atoms with E-state index >= 15 is 8.78 Å². The Bertz CT molecular complexity index is 1490. The average molecular weight is 527 g/mol. The van der Waals surface area contributed by atoms with Gasteiger partial charge in [0.25, 0.3) is 11.1 Å². The van der Waals surface area contributed by atoms with E-state index in [1.54, 1.807) is 6.07 Å². The number of benzene rings is 1. The normalized spacial score (nSPS) is 17.5. The molecule has 38 heavy (non-hydrogen) atoms. The Kier molecular flexibility index (Phi) is 6.53. The van der Waals surface area contributed by atoms with Gasteiger partial charge in [-0.3, -0.25) is 24.5 Å².